The van der Waals surface area contributed by atoms with Gasteiger partial charge in [0.1, 0.15) is 0 Å². The summed E-state index contributed by atoms with van der Waals surface area (Å²) in [6.45, 7) is 2.21. The lowest BCUT2D eigenvalue weighted by molar-refractivity contribution is 1.46. The van der Waals surface area contributed by atoms with Gasteiger partial charge in [-0.15, -0.1) is 11.3 Å². The zero-order chi connectivity index (χ0) is 30.6. The number of benzene rings is 8. The number of rotatable bonds is 4. The van der Waals surface area contributed by atoms with E-state index in [4.69, 9.17) is 0 Å². The van der Waals surface area contributed by atoms with Gasteiger partial charge in [-0.1, -0.05) is 133 Å². The normalized spacial score (nSPS) is 11.6. The van der Waals surface area contributed by atoms with Crippen molar-refractivity contribution in [2.75, 3.05) is 0 Å². The molecule has 9 rings (SSSR count). The molecule has 216 valence electrons. The van der Waals surface area contributed by atoms with E-state index < -0.39 is 0 Å². The minimum absolute atomic E-state index is 1.23. The molecule has 0 atom stereocenters. The molecule has 0 fully saturated rings. The maximum atomic E-state index is 2.42. The van der Waals surface area contributed by atoms with Gasteiger partial charge < -0.3 is 0 Å². The summed E-state index contributed by atoms with van der Waals surface area (Å²) in [7, 11) is 0. The molecule has 1 aromatic heterocycles. The fourth-order valence-corrected chi connectivity index (χ4v) is 8.30. The third kappa shape index (κ3) is 4.43. The van der Waals surface area contributed by atoms with Crippen LogP contribution in [-0.4, -0.2) is 0 Å². The molecular weight excluding hydrogens is 573 g/mol. The van der Waals surface area contributed by atoms with Crippen LogP contribution in [-0.2, 0) is 0 Å². The molecule has 0 radical (unpaired) electrons. The Balaban J connectivity index is 1.28. The van der Waals surface area contributed by atoms with Gasteiger partial charge in [0.05, 0.1) is 0 Å². The molecule has 9 aromatic rings. The molecule has 0 saturated heterocycles. The van der Waals surface area contributed by atoms with Crippen LogP contribution in [0.3, 0.4) is 0 Å². The number of hydrogen-bond acceptors (Lipinski definition) is 1. The summed E-state index contributed by atoms with van der Waals surface area (Å²) in [6.07, 6.45) is 0. The molecule has 0 unspecified atom stereocenters. The van der Waals surface area contributed by atoms with Gasteiger partial charge >= 0.3 is 0 Å². The lowest BCUT2D eigenvalue weighted by Crippen LogP contribution is -1.92. The molecule has 0 aliphatic rings. The van der Waals surface area contributed by atoms with Crippen LogP contribution in [0.15, 0.2) is 164 Å². The summed E-state index contributed by atoms with van der Waals surface area (Å²) in [4.78, 5) is 0. The SMILES string of the molecule is Cc1cc(-c2ccc3c(-c4ccccc4)c4ccccc4c(-c4ccccc4)c3c2)cc(-c2ccc3sc4ccccc4c3c2)c1. The van der Waals surface area contributed by atoms with E-state index in [1.165, 1.54) is 91.8 Å². The summed E-state index contributed by atoms with van der Waals surface area (Å²) in [5.41, 5.74) is 11.3. The molecule has 0 bridgehead atoms. The van der Waals surface area contributed by atoms with Gasteiger partial charge in [0, 0.05) is 20.2 Å². The van der Waals surface area contributed by atoms with Crippen LogP contribution in [0.5, 0.6) is 0 Å². The molecule has 0 saturated carbocycles. The van der Waals surface area contributed by atoms with Crippen LogP contribution in [0.25, 0.3) is 86.2 Å². The van der Waals surface area contributed by atoms with Crippen molar-refractivity contribution >= 4 is 53.1 Å². The third-order valence-electron chi connectivity index (χ3n) is 9.27. The van der Waals surface area contributed by atoms with E-state index in [0.717, 1.165) is 0 Å². The molecule has 1 heteroatoms. The maximum absolute atomic E-state index is 2.42. The molecule has 0 N–H and O–H groups in total. The molecule has 46 heavy (non-hydrogen) atoms. The van der Waals surface area contributed by atoms with E-state index >= 15 is 0 Å². The van der Waals surface area contributed by atoms with E-state index in [0.29, 0.717) is 0 Å². The van der Waals surface area contributed by atoms with Gasteiger partial charge in [-0.3, -0.25) is 0 Å². The Bertz CT molecular complexity index is 2570. The third-order valence-corrected chi connectivity index (χ3v) is 10.4. The van der Waals surface area contributed by atoms with Crippen molar-refractivity contribution in [1.82, 2.24) is 0 Å². The molecule has 0 amide bonds. The average Bonchev–Trinajstić information content (AvgIpc) is 3.49. The number of hydrogen-bond donors (Lipinski definition) is 0. The van der Waals surface area contributed by atoms with Crippen LogP contribution in [0.4, 0.5) is 0 Å². The smallest absolute Gasteiger partial charge is 0.0355 e. The van der Waals surface area contributed by atoms with Crippen molar-refractivity contribution in [2.45, 2.75) is 6.92 Å². The van der Waals surface area contributed by atoms with Gasteiger partial charge in [-0.05, 0) is 109 Å². The molecule has 0 aliphatic heterocycles. The van der Waals surface area contributed by atoms with Crippen molar-refractivity contribution in [2.24, 2.45) is 0 Å². The molecular formula is C45H30S. The summed E-state index contributed by atoms with van der Waals surface area (Å²) < 4.78 is 2.68. The number of aryl methyl sites for hydroxylation is 1. The highest BCUT2D eigenvalue weighted by Crippen LogP contribution is 2.45. The zero-order valence-corrected chi connectivity index (χ0v) is 26.3. The van der Waals surface area contributed by atoms with Gasteiger partial charge in [-0.25, -0.2) is 0 Å². The lowest BCUT2D eigenvalue weighted by atomic mass is 9.84. The lowest BCUT2D eigenvalue weighted by Gasteiger charge is -2.19. The van der Waals surface area contributed by atoms with Crippen LogP contribution in [0.1, 0.15) is 5.56 Å². The highest BCUT2D eigenvalue weighted by Gasteiger charge is 2.17. The highest BCUT2D eigenvalue weighted by molar-refractivity contribution is 7.25. The van der Waals surface area contributed by atoms with Crippen LogP contribution < -0.4 is 0 Å². The quantitative estimate of drug-likeness (QED) is 0.176. The fourth-order valence-electron chi connectivity index (χ4n) is 7.21. The zero-order valence-electron chi connectivity index (χ0n) is 25.5. The van der Waals surface area contributed by atoms with Crippen molar-refractivity contribution in [3.8, 4) is 44.5 Å². The minimum atomic E-state index is 1.23. The first-order valence-electron chi connectivity index (χ1n) is 15.8. The fraction of sp³-hybridized carbons (Fsp3) is 0.0222. The van der Waals surface area contributed by atoms with E-state index in [2.05, 4.69) is 171 Å². The molecule has 8 aromatic carbocycles. The van der Waals surface area contributed by atoms with E-state index in [1.54, 1.807) is 0 Å². The van der Waals surface area contributed by atoms with Crippen molar-refractivity contribution in [3.63, 3.8) is 0 Å². The van der Waals surface area contributed by atoms with Gasteiger partial charge in [0.25, 0.3) is 0 Å². The highest BCUT2D eigenvalue weighted by atomic mass is 32.1. The maximum Gasteiger partial charge on any atom is 0.0355 e. The summed E-state index contributed by atoms with van der Waals surface area (Å²) in [5.74, 6) is 0. The Morgan fingerprint density at radius 2 is 0.783 bits per heavy atom. The number of thiophene rings is 1. The first kappa shape index (κ1) is 26.9. The Labute approximate surface area is 272 Å². The second kappa shape index (κ2) is 10.8. The first-order valence-corrected chi connectivity index (χ1v) is 16.7. The Kier molecular flexibility index (Phi) is 6.33. The summed E-state index contributed by atoms with van der Waals surface area (Å²) in [6, 6.07) is 60.4. The average molecular weight is 603 g/mol. The molecule has 1 heterocycles. The summed E-state index contributed by atoms with van der Waals surface area (Å²) in [5, 5.41) is 7.77. The monoisotopic (exact) mass is 602 g/mol. The molecule has 0 nitrogen and oxygen atoms in total. The van der Waals surface area contributed by atoms with Gasteiger partial charge in [0.2, 0.25) is 0 Å². The Hall–Kier alpha value is -5.50. The van der Waals surface area contributed by atoms with Crippen LogP contribution in [0.2, 0.25) is 0 Å². The largest absolute Gasteiger partial charge is 0.135 e. The minimum Gasteiger partial charge on any atom is -0.135 e. The number of fused-ring (bicyclic) bond motifs is 5. The Morgan fingerprint density at radius 1 is 0.304 bits per heavy atom. The standard InChI is InChI=1S/C45H30S/c1-29-24-34(26-35(25-29)33-21-23-43-40(27-33)36-16-10-11-19-42(36)46-43)32-20-22-39-41(28-32)45(31-14-6-3-7-15-31)38-18-9-8-17-37(38)44(39)30-12-4-2-5-13-30/h2-28H,1H3. The van der Waals surface area contributed by atoms with Crippen LogP contribution in [0, 0.1) is 6.92 Å². The predicted molar refractivity (Wildman–Crippen MR) is 201 cm³/mol. The Morgan fingerprint density at radius 3 is 1.43 bits per heavy atom. The molecule has 0 spiro atoms. The second-order valence-electron chi connectivity index (χ2n) is 12.2. The first-order chi connectivity index (χ1) is 22.7. The van der Waals surface area contributed by atoms with E-state index in [-0.39, 0.29) is 0 Å². The van der Waals surface area contributed by atoms with E-state index in [1.807, 2.05) is 11.3 Å². The molecule has 0 aliphatic carbocycles. The van der Waals surface area contributed by atoms with Crippen LogP contribution >= 0.6 is 11.3 Å². The van der Waals surface area contributed by atoms with Gasteiger partial charge in [0.15, 0.2) is 0 Å². The predicted octanol–water partition coefficient (Wildman–Crippen LogP) is 13.3. The van der Waals surface area contributed by atoms with Crippen molar-refractivity contribution in [3.05, 3.63) is 169 Å². The second-order valence-corrected chi connectivity index (χ2v) is 13.3. The van der Waals surface area contributed by atoms with Gasteiger partial charge in [-0.2, -0.15) is 0 Å². The van der Waals surface area contributed by atoms with E-state index in [9.17, 15) is 0 Å². The van der Waals surface area contributed by atoms with Crippen molar-refractivity contribution in [1.29, 1.82) is 0 Å². The van der Waals surface area contributed by atoms with Crippen molar-refractivity contribution < 1.29 is 0 Å². The topological polar surface area (TPSA) is 0 Å². The summed E-state index contributed by atoms with van der Waals surface area (Å²) >= 11 is 1.87.